The van der Waals surface area contributed by atoms with Crippen LogP contribution in [0.15, 0.2) is 45.7 Å². The number of allylic oxidation sites excluding steroid dienone is 1. The lowest BCUT2D eigenvalue weighted by Crippen LogP contribution is -2.43. The van der Waals surface area contributed by atoms with E-state index in [-0.39, 0.29) is 11.9 Å². The van der Waals surface area contributed by atoms with Gasteiger partial charge in [0.25, 0.3) is 0 Å². The van der Waals surface area contributed by atoms with Crippen LogP contribution in [0.2, 0.25) is 5.02 Å². The molecule has 0 bridgehead atoms. The monoisotopic (exact) mass is 444 g/mol. The van der Waals surface area contributed by atoms with Crippen molar-refractivity contribution in [1.29, 1.82) is 0 Å². The molecule has 2 aliphatic rings. The van der Waals surface area contributed by atoms with Gasteiger partial charge in [-0.3, -0.25) is 9.79 Å². The summed E-state index contributed by atoms with van der Waals surface area (Å²) in [5.41, 5.74) is 16.0. The molecule has 1 atom stereocenters. The molecule has 8 nitrogen and oxygen atoms in total. The smallest absolute Gasteiger partial charge is 0.219 e. The maximum atomic E-state index is 11.9. The van der Waals surface area contributed by atoms with Gasteiger partial charge in [0.15, 0.2) is 0 Å². The van der Waals surface area contributed by atoms with Crippen molar-refractivity contribution >= 4 is 40.8 Å². The number of nitrogens with one attached hydrogen (secondary N) is 1. The van der Waals surface area contributed by atoms with Crippen molar-refractivity contribution < 1.29 is 9.53 Å². The van der Waals surface area contributed by atoms with Gasteiger partial charge in [-0.25, -0.2) is 4.99 Å². The van der Waals surface area contributed by atoms with E-state index >= 15 is 0 Å². The molecule has 0 spiro atoms. The molecule has 1 saturated heterocycles. The van der Waals surface area contributed by atoms with Gasteiger partial charge >= 0.3 is 0 Å². The molecule has 3 rings (SSSR count). The van der Waals surface area contributed by atoms with Crippen molar-refractivity contribution in [2.45, 2.75) is 25.8 Å². The Balaban J connectivity index is 1.90. The van der Waals surface area contributed by atoms with Crippen molar-refractivity contribution in [2.75, 3.05) is 33.4 Å². The average Bonchev–Trinajstić information content (AvgIpc) is 3.25. The minimum Gasteiger partial charge on any atom is -0.404 e. The van der Waals surface area contributed by atoms with Crippen molar-refractivity contribution in [2.24, 2.45) is 21.5 Å². The maximum Gasteiger partial charge on any atom is 0.219 e. The van der Waals surface area contributed by atoms with Crippen LogP contribution in [0, 0.1) is 0 Å². The van der Waals surface area contributed by atoms with Crippen LogP contribution in [-0.4, -0.2) is 62.3 Å². The molecular formula is C22H29ClN6O2. The first-order valence-corrected chi connectivity index (χ1v) is 10.6. The van der Waals surface area contributed by atoms with Gasteiger partial charge in [0.05, 0.1) is 29.9 Å². The summed E-state index contributed by atoms with van der Waals surface area (Å²) in [7, 11) is 1.67. The summed E-state index contributed by atoms with van der Waals surface area (Å²) in [6.45, 7) is 4.04. The van der Waals surface area contributed by atoms with Crippen LogP contribution in [0.25, 0.3) is 5.57 Å². The van der Waals surface area contributed by atoms with Gasteiger partial charge in [-0.05, 0) is 18.6 Å². The van der Waals surface area contributed by atoms with Crippen LogP contribution in [0.5, 0.6) is 0 Å². The fourth-order valence-electron chi connectivity index (χ4n) is 3.68. The first-order valence-electron chi connectivity index (χ1n) is 10.2. The number of benzene rings is 1. The fourth-order valence-corrected chi connectivity index (χ4v) is 3.96. The van der Waals surface area contributed by atoms with Crippen LogP contribution in [0.4, 0.5) is 5.69 Å². The van der Waals surface area contributed by atoms with E-state index in [2.05, 4.69) is 15.3 Å². The molecule has 31 heavy (non-hydrogen) atoms. The summed E-state index contributed by atoms with van der Waals surface area (Å²) < 4.78 is 5.47. The molecule has 166 valence electrons. The summed E-state index contributed by atoms with van der Waals surface area (Å²) in [5, 5.41) is 4.04. The third kappa shape index (κ3) is 5.65. The number of amides is 1. The van der Waals surface area contributed by atoms with E-state index in [0.717, 1.165) is 29.9 Å². The number of hydrogen-bond acceptors (Lipinski definition) is 6. The van der Waals surface area contributed by atoms with Crippen LogP contribution < -0.4 is 16.8 Å². The minimum absolute atomic E-state index is 0.0136. The molecule has 2 heterocycles. The Hall–Kier alpha value is -2.84. The Morgan fingerprint density at radius 1 is 1.42 bits per heavy atom. The number of hydrogen-bond donors (Lipinski definition) is 3. The molecule has 1 amide bonds. The second-order valence-corrected chi connectivity index (χ2v) is 7.93. The predicted molar refractivity (Wildman–Crippen MR) is 126 cm³/mol. The van der Waals surface area contributed by atoms with Crippen LogP contribution in [0.3, 0.4) is 0 Å². The summed E-state index contributed by atoms with van der Waals surface area (Å²) in [4.78, 5) is 22.3. The predicted octanol–water partition coefficient (Wildman–Crippen LogP) is 2.21. The van der Waals surface area contributed by atoms with E-state index in [1.807, 2.05) is 12.1 Å². The number of halogens is 1. The van der Waals surface area contributed by atoms with Crippen molar-refractivity contribution in [3.05, 3.63) is 46.3 Å². The number of rotatable bonds is 6. The average molecular weight is 445 g/mol. The fraction of sp³-hybridized carbons (Fsp3) is 0.409. The zero-order chi connectivity index (χ0) is 22.4. The Labute approximate surface area is 187 Å². The van der Waals surface area contributed by atoms with Crippen molar-refractivity contribution in [1.82, 2.24) is 10.2 Å². The normalized spacial score (nSPS) is 20.6. The Kier molecular flexibility index (Phi) is 7.70. The van der Waals surface area contributed by atoms with E-state index in [1.54, 1.807) is 31.2 Å². The zero-order valence-corrected chi connectivity index (χ0v) is 18.7. The van der Waals surface area contributed by atoms with Crippen molar-refractivity contribution in [3.63, 3.8) is 0 Å². The quantitative estimate of drug-likeness (QED) is 0.459. The number of aliphatic imine (C=N–C) groups is 2. The number of carbonyl (C=O) groups excluding carboxylic acids is 1. The highest BCUT2D eigenvalue weighted by Crippen LogP contribution is 2.28. The van der Waals surface area contributed by atoms with Crippen LogP contribution in [-0.2, 0) is 9.53 Å². The molecule has 1 fully saturated rings. The number of ether oxygens (including phenoxy) is 1. The van der Waals surface area contributed by atoms with E-state index in [4.69, 9.17) is 27.8 Å². The molecular weight excluding hydrogens is 416 g/mol. The standard InChI is InChI=1S/C22H29ClN6O2/c1-14(30)29-7-5-21(27-17-6-8-31-13-17)19(12-29)22(25)28-16-3-4-18(20(23)9-16)15(10-24)11-26-2/h3-4,9-11,17,27H,5-8,12-13,24H2,1-2H3,(H2,25,28). The first-order chi connectivity index (χ1) is 14.9. The Morgan fingerprint density at radius 2 is 2.23 bits per heavy atom. The zero-order valence-electron chi connectivity index (χ0n) is 17.9. The maximum absolute atomic E-state index is 11.9. The molecule has 1 unspecified atom stereocenters. The lowest BCUT2D eigenvalue weighted by Gasteiger charge is -2.31. The molecule has 9 heteroatoms. The molecule has 2 aliphatic heterocycles. The molecule has 0 radical (unpaired) electrons. The second-order valence-electron chi connectivity index (χ2n) is 7.52. The van der Waals surface area contributed by atoms with Crippen LogP contribution in [0.1, 0.15) is 25.3 Å². The Morgan fingerprint density at radius 3 is 2.84 bits per heavy atom. The topological polar surface area (TPSA) is 118 Å². The van der Waals surface area contributed by atoms with Gasteiger partial charge in [0.2, 0.25) is 5.91 Å². The summed E-state index contributed by atoms with van der Waals surface area (Å²) in [5.74, 6) is 0.375. The molecule has 5 N–H and O–H groups in total. The van der Waals surface area contributed by atoms with Gasteiger partial charge in [-0.2, -0.15) is 0 Å². The molecule has 0 aliphatic carbocycles. The Bertz CT molecular complexity index is 947. The number of carbonyl (C=O) groups is 1. The van der Waals surface area contributed by atoms with Gasteiger partial charge in [-0.1, -0.05) is 17.7 Å². The summed E-state index contributed by atoms with van der Waals surface area (Å²) in [6.07, 6.45) is 4.74. The summed E-state index contributed by atoms with van der Waals surface area (Å²) in [6, 6.07) is 5.64. The highest BCUT2D eigenvalue weighted by molar-refractivity contribution is 6.34. The summed E-state index contributed by atoms with van der Waals surface area (Å²) >= 11 is 6.46. The van der Waals surface area contributed by atoms with E-state index in [0.29, 0.717) is 48.2 Å². The largest absolute Gasteiger partial charge is 0.404 e. The highest BCUT2D eigenvalue weighted by Gasteiger charge is 2.26. The number of nitrogens with zero attached hydrogens (tertiary/aromatic N) is 3. The van der Waals surface area contributed by atoms with Crippen LogP contribution >= 0.6 is 11.6 Å². The number of nitrogens with two attached hydrogens (primary N) is 2. The van der Waals surface area contributed by atoms with E-state index < -0.39 is 0 Å². The molecule has 1 aromatic carbocycles. The molecule has 1 aromatic rings. The lowest BCUT2D eigenvalue weighted by atomic mass is 10.0. The second kappa shape index (κ2) is 10.5. The van der Waals surface area contributed by atoms with Gasteiger partial charge in [0, 0.05) is 68.4 Å². The number of amidine groups is 1. The van der Waals surface area contributed by atoms with Gasteiger partial charge < -0.3 is 26.4 Å². The van der Waals surface area contributed by atoms with E-state index in [1.165, 1.54) is 6.20 Å². The third-order valence-electron chi connectivity index (χ3n) is 5.37. The van der Waals surface area contributed by atoms with Crippen molar-refractivity contribution in [3.8, 4) is 0 Å². The SMILES string of the molecule is CN=CC(=CN)c1ccc(N=C(N)C2=C(NC3CCOC3)CCN(C(C)=O)C2)cc1Cl. The van der Waals surface area contributed by atoms with Gasteiger partial charge in [0.1, 0.15) is 5.84 Å². The molecule has 0 saturated carbocycles. The minimum atomic E-state index is 0.0136. The highest BCUT2D eigenvalue weighted by atomic mass is 35.5. The molecule has 0 aromatic heterocycles. The third-order valence-corrected chi connectivity index (χ3v) is 5.68. The lowest BCUT2D eigenvalue weighted by molar-refractivity contribution is -0.128. The van der Waals surface area contributed by atoms with E-state index in [9.17, 15) is 4.79 Å². The first kappa shape index (κ1) is 22.8. The van der Waals surface area contributed by atoms with Gasteiger partial charge in [-0.15, -0.1) is 0 Å².